The van der Waals surface area contributed by atoms with Gasteiger partial charge >= 0.3 is 5.97 Å². The van der Waals surface area contributed by atoms with E-state index in [-0.39, 0.29) is 6.61 Å². The van der Waals surface area contributed by atoms with Gasteiger partial charge in [-0.25, -0.2) is 4.79 Å². The Morgan fingerprint density at radius 1 is 1.44 bits per heavy atom. The second kappa shape index (κ2) is 6.12. The number of rotatable bonds is 5. The standard InChI is InChI=1S/C12H16O4/c1-3-10(13)9-6-4-5-7-11(9)16-8-12(14)15-2/h4-7,10,13H,3,8H2,1-2H3/t10-/m1/s1. The molecule has 0 unspecified atom stereocenters. The van der Waals surface area contributed by atoms with Crippen LogP contribution in [0.1, 0.15) is 25.0 Å². The van der Waals surface area contributed by atoms with Crippen molar-refractivity contribution in [2.75, 3.05) is 13.7 Å². The summed E-state index contributed by atoms with van der Waals surface area (Å²) >= 11 is 0. The second-order valence-corrected chi connectivity index (χ2v) is 3.33. The van der Waals surface area contributed by atoms with Crippen molar-refractivity contribution < 1.29 is 19.4 Å². The van der Waals surface area contributed by atoms with Gasteiger partial charge < -0.3 is 14.6 Å². The molecular formula is C12H16O4. The van der Waals surface area contributed by atoms with Gasteiger partial charge in [-0.3, -0.25) is 0 Å². The highest BCUT2D eigenvalue weighted by Crippen LogP contribution is 2.26. The van der Waals surface area contributed by atoms with Crippen molar-refractivity contribution >= 4 is 5.97 Å². The van der Waals surface area contributed by atoms with E-state index in [2.05, 4.69) is 4.74 Å². The van der Waals surface area contributed by atoms with E-state index in [1.807, 2.05) is 13.0 Å². The van der Waals surface area contributed by atoms with Gasteiger partial charge in [-0.15, -0.1) is 0 Å². The Hall–Kier alpha value is -1.55. The third-order valence-corrected chi connectivity index (χ3v) is 2.24. The molecule has 0 aliphatic rings. The predicted molar refractivity (Wildman–Crippen MR) is 59.2 cm³/mol. The molecule has 4 nitrogen and oxygen atoms in total. The maximum Gasteiger partial charge on any atom is 0.343 e. The van der Waals surface area contributed by atoms with Gasteiger partial charge in [0.25, 0.3) is 0 Å². The number of benzene rings is 1. The van der Waals surface area contributed by atoms with Crippen LogP contribution in [0.5, 0.6) is 5.75 Å². The molecule has 16 heavy (non-hydrogen) atoms. The molecule has 1 atom stereocenters. The largest absolute Gasteiger partial charge is 0.482 e. The van der Waals surface area contributed by atoms with Crippen LogP contribution in [-0.2, 0) is 9.53 Å². The Morgan fingerprint density at radius 2 is 2.12 bits per heavy atom. The highest BCUT2D eigenvalue weighted by Gasteiger charge is 2.12. The van der Waals surface area contributed by atoms with Crippen molar-refractivity contribution in [3.8, 4) is 5.75 Å². The van der Waals surface area contributed by atoms with Gasteiger partial charge in [0.1, 0.15) is 5.75 Å². The van der Waals surface area contributed by atoms with E-state index >= 15 is 0 Å². The summed E-state index contributed by atoms with van der Waals surface area (Å²) in [6.45, 7) is 1.73. The fraction of sp³-hybridized carbons (Fsp3) is 0.417. The van der Waals surface area contributed by atoms with Crippen LogP contribution in [0.2, 0.25) is 0 Å². The lowest BCUT2D eigenvalue weighted by atomic mass is 10.1. The molecule has 0 radical (unpaired) electrons. The van der Waals surface area contributed by atoms with Crippen molar-refractivity contribution in [1.82, 2.24) is 0 Å². The number of aliphatic hydroxyl groups excluding tert-OH is 1. The van der Waals surface area contributed by atoms with Crippen LogP contribution < -0.4 is 4.74 Å². The average molecular weight is 224 g/mol. The Bertz CT molecular complexity index is 349. The van der Waals surface area contributed by atoms with Crippen molar-refractivity contribution in [2.24, 2.45) is 0 Å². The van der Waals surface area contributed by atoms with Crippen molar-refractivity contribution in [3.63, 3.8) is 0 Å². The molecule has 4 heteroatoms. The lowest BCUT2D eigenvalue weighted by molar-refractivity contribution is -0.142. The van der Waals surface area contributed by atoms with Gasteiger partial charge in [-0.1, -0.05) is 25.1 Å². The third-order valence-electron chi connectivity index (χ3n) is 2.24. The number of carbonyl (C=O) groups excluding carboxylic acids is 1. The normalized spacial score (nSPS) is 11.9. The number of para-hydroxylation sites is 1. The first-order valence-corrected chi connectivity index (χ1v) is 5.15. The summed E-state index contributed by atoms with van der Waals surface area (Å²) < 4.78 is 9.75. The molecule has 0 aliphatic carbocycles. The summed E-state index contributed by atoms with van der Waals surface area (Å²) in [6, 6.07) is 7.11. The molecule has 1 rings (SSSR count). The number of aliphatic hydroxyl groups is 1. The van der Waals surface area contributed by atoms with Crippen molar-refractivity contribution in [2.45, 2.75) is 19.4 Å². The summed E-state index contributed by atoms with van der Waals surface area (Å²) in [4.78, 5) is 10.9. The lowest BCUT2D eigenvalue weighted by Crippen LogP contribution is -2.13. The SMILES string of the molecule is CC[C@@H](O)c1ccccc1OCC(=O)OC. The number of esters is 1. The van der Waals surface area contributed by atoms with Crippen molar-refractivity contribution in [3.05, 3.63) is 29.8 Å². The van der Waals surface area contributed by atoms with Crippen LogP contribution in [-0.4, -0.2) is 24.8 Å². The first-order valence-electron chi connectivity index (χ1n) is 5.15. The summed E-state index contributed by atoms with van der Waals surface area (Å²) in [6.07, 6.45) is 0.0207. The molecule has 0 saturated heterocycles. The topological polar surface area (TPSA) is 55.8 Å². The molecule has 1 N–H and O–H groups in total. The Balaban J connectivity index is 2.75. The van der Waals surface area contributed by atoms with Crippen LogP contribution in [0, 0.1) is 0 Å². The first-order chi connectivity index (χ1) is 7.69. The quantitative estimate of drug-likeness (QED) is 0.773. The molecule has 88 valence electrons. The molecule has 0 spiro atoms. The van der Waals surface area contributed by atoms with E-state index in [4.69, 9.17) is 4.74 Å². The van der Waals surface area contributed by atoms with Gasteiger partial charge in [0.05, 0.1) is 13.2 Å². The minimum atomic E-state index is -0.575. The summed E-state index contributed by atoms with van der Waals surface area (Å²) in [5.41, 5.74) is 0.689. The molecule has 0 fully saturated rings. The van der Waals surface area contributed by atoms with Gasteiger partial charge in [-0.2, -0.15) is 0 Å². The summed E-state index contributed by atoms with van der Waals surface area (Å²) in [7, 11) is 1.30. The van der Waals surface area contributed by atoms with Crippen LogP contribution >= 0.6 is 0 Å². The molecule has 1 aromatic rings. The summed E-state index contributed by atoms with van der Waals surface area (Å²) in [5.74, 6) is 0.0723. The smallest absolute Gasteiger partial charge is 0.343 e. The molecular weight excluding hydrogens is 208 g/mol. The molecule has 0 aliphatic heterocycles. The maximum atomic E-state index is 10.9. The molecule has 0 heterocycles. The maximum absolute atomic E-state index is 10.9. The minimum Gasteiger partial charge on any atom is -0.482 e. The van der Waals surface area contributed by atoms with E-state index in [0.29, 0.717) is 17.7 Å². The number of methoxy groups -OCH3 is 1. The van der Waals surface area contributed by atoms with Gasteiger partial charge in [0, 0.05) is 5.56 Å². The fourth-order valence-corrected chi connectivity index (χ4v) is 1.30. The first kappa shape index (κ1) is 12.5. The van der Waals surface area contributed by atoms with Crippen LogP contribution in [0.15, 0.2) is 24.3 Å². The zero-order valence-corrected chi connectivity index (χ0v) is 9.47. The minimum absolute atomic E-state index is 0.149. The lowest BCUT2D eigenvalue weighted by Gasteiger charge is -2.14. The molecule has 1 aromatic carbocycles. The number of hydrogen-bond donors (Lipinski definition) is 1. The number of ether oxygens (including phenoxy) is 2. The molecule has 0 saturated carbocycles. The number of hydrogen-bond acceptors (Lipinski definition) is 4. The highest BCUT2D eigenvalue weighted by molar-refractivity contribution is 5.70. The van der Waals surface area contributed by atoms with E-state index < -0.39 is 12.1 Å². The molecule has 0 bridgehead atoms. The highest BCUT2D eigenvalue weighted by atomic mass is 16.6. The predicted octanol–water partition coefficient (Wildman–Crippen LogP) is 1.68. The van der Waals surface area contributed by atoms with Gasteiger partial charge in [0.15, 0.2) is 6.61 Å². The monoisotopic (exact) mass is 224 g/mol. The van der Waals surface area contributed by atoms with Crippen LogP contribution in [0.25, 0.3) is 0 Å². The molecule has 0 amide bonds. The van der Waals surface area contributed by atoms with Gasteiger partial charge in [0.2, 0.25) is 0 Å². The van der Waals surface area contributed by atoms with E-state index in [1.165, 1.54) is 7.11 Å². The zero-order valence-electron chi connectivity index (χ0n) is 9.47. The van der Waals surface area contributed by atoms with Gasteiger partial charge in [-0.05, 0) is 12.5 Å². The Labute approximate surface area is 94.8 Å². The molecule has 0 aromatic heterocycles. The van der Waals surface area contributed by atoms with Crippen molar-refractivity contribution in [1.29, 1.82) is 0 Å². The Kier molecular flexibility index (Phi) is 4.79. The number of carbonyl (C=O) groups is 1. The summed E-state index contributed by atoms with van der Waals surface area (Å²) in [5, 5.41) is 9.74. The fourth-order valence-electron chi connectivity index (χ4n) is 1.30. The average Bonchev–Trinajstić information content (AvgIpc) is 2.35. The van der Waals surface area contributed by atoms with E-state index in [1.54, 1.807) is 18.2 Å². The van der Waals surface area contributed by atoms with Crippen LogP contribution in [0.4, 0.5) is 0 Å². The second-order valence-electron chi connectivity index (χ2n) is 3.33. The Morgan fingerprint density at radius 3 is 2.75 bits per heavy atom. The van der Waals surface area contributed by atoms with E-state index in [0.717, 1.165) is 0 Å². The van der Waals surface area contributed by atoms with Crippen LogP contribution in [0.3, 0.4) is 0 Å². The zero-order chi connectivity index (χ0) is 12.0. The van der Waals surface area contributed by atoms with E-state index in [9.17, 15) is 9.90 Å². The third kappa shape index (κ3) is 3.24.